The predicted octanol–water partition coefficient (Wildman–Crippen LogP) is 5.05. The van der Waals surface area contributed by atoms with E-state index in [2.05, 4.69) is 5.32 Å². The van der Waals surface area contributed by atoms with Crippen molar-refractivity contribution in [3.8, 4) is 0 Å². The standard InChI is InChI=1S/C24H26N2O3S/c1-26(22-9-3-2-4-10-22)30(28,29)23-15-12-19(13-16-23)24(27)25-21-14-11-18-7-5-6-8-20(18)17-21/h5-8,11-17,22H,2-4,9-10H2,1H3,(H,25,27). The molecule has 30 heavy (non-hydrogen) atoms. The first-order valence-corrected chi connectivity index (χ1v) is 11.8. The largest absolute Gasteiger partial charge is 0.322 e. The van der Waals surface area contributed by atoms with E-state index in [4.69, 9.17) is 0 Å². The molecular weight excluding hydrogens is 396 g/mol. The summed E-state index contributed by atoms with van der Waals surface area (Å²) in [6, 6.07) is 19.9. The van der Waals surface area contributed by atoms with Gasteiger partial charge in [0.2, 0.25) is 10.0 Å². The lowest BCUT2D eigenvalue weighted by atomic mass is 9.96. The number of amides is 1. The molecule has 1 aliphatic carbocycles. The van der Waals surface area contributed by atoms with Gasteiger partial charge < -0.3 is 5.32 Å². The number of nitrogens with zero attached hydrogens (tertiary/aromatic N) is 1. The molecule has 6 heteroatoms. The summed E-state index contributed by atoms with van der Waals surface area (Å²) in [6.45, 7) is 0. The lowest BCUT2D eigenvalue weighted by Gasteiger charge is -2.30. The fraction of sp³-hybridized carbons (Fsp3) is 0.292. The van der Waals surface area contributed by atoms with E-state index in [0.717, 1.165) is 36.5 Å². The number of rotatable bonds is 5. The Balaban J connectivity index is 1.48. The third kappa shape index (κ3) is 4.25. The van der Waals surface area contributed by atoms with Crippen LogP contribution >= 0.6 is 0 Å². The summed E-state index contributed by atoms with van der Waals surface area (Å²) < 4.78 is 27.4. The molecule has 5 nitrogen and oxygen atoms in total. The minimum absolute atomic E-state index is 0.0552. The number of carbonyl (C=O) groups excluding carboxylic acids is 1. The molecule has 1 aliphatic rings. The Bertz CT molecular complexity index is 1150. The molecule has 1 N–H and O–H groups in total. The number of sulfonamides is 1. The summed E-state index contributed by atoms with van der Waals surface area (Å²) >= 11 is 0. The van der Waals surface area contributed by atoms with Crippen molar-refractivity contribution >= 4 is 32.4 Å². The molecule has 0 aliphatic heterocycles. The van der Waals surface area contributed by atoms with E-state index in [0.29, 0.717) is 11.3 Å². The highest BCUT2D eigenvalue weighted by atomic mass is 32.2. The predicted molar refractivity (Wildman–Crippen MR) is 120 cm³/mol. The topological polar surface area (TPSA) is 66.5 Å². The van der Waals surface area contributed by atoms with Gasteiger partial charge in [0.15, 0.2) is 0 Å². The second-order valence-corrected chi connectivity index (χ2v) is 9.85. The maximum atomic E-state index is 13.0. The van der Waals surface area contributed by atoms with Crippen molar-refractivity contribution in [3.05, 3.63) is 72.3 Å². The Morgan fingerprint density at radius 3 is 2.27 bits per heavy atom. The van der Waals surface area contributed by atoms with E-state index in [1.807, 2.05) is 42.5 Å². The number of benzene rings is 3. The van der Waals surface area contributed by atoms with Crippen LogP contribution in [0.25, 0.3) is 10.8 Å². The van der Waals surface area contributed by atoms with E-state index in [1.165, 1.54) is 22.9 Å². The average molecular weight is 423 g/mol. The summed E-state index contributed by atoms with van der Waals surface area (Å²) in [5, 5.41) is 5.03. The molecular formula is C24H26N2O3S. The maximum absolute atomic E-state index is 13.0. The van der Waals surface area contributed by atoms with E-state index in [-0.39, 0.29) is 16.8 Å². The Morgan fingerprint density at radius 2 is 1.57 bits per heavy atom. The third-order valence-electron chi connectivity index (χ3n) is 5.89. The van der Waals surface area contributed by atoms with Crippen LogP contribution in [-0.4, -0.2) is 31.7 Å². The lowest BCUT2D eigenvalue weighted by molar-refractivity contribution is 0.102. The minimum Gasteiger partial charge on any atom is -0.322 e. The molecule has 0 unspecified atom stereocenters. The van der Waals surface area contributed by atoms with Crippen molar-refractivity contribution < 1.29 is 13.2 Å². The molecule has 156 valence electrons. The molecule has 0 heterocycles. The van der Waals surface area contributed by atoms with Gasteiger partial charge in [-0.15, -0.1) is 0 Å². The van der Waals surface area contributed by atoms with Gasteiger partial charge in [0, 0.05) is 24.3 Å². The Hall–Kier alpha value is -2.70. The number of hydrogen-bond acceptors (Lipinski definition) is 3. The zero-order valence-corrected chi connectivity index (χ0v) is 17.9. The number of carbonyl (C=O) groups is 1. The zero-order valence-electron chi connectivity index (χ0n) is 17.0. The van der Waals surface area contributed by atoms with Gasteiger partial charge in [0.1, 0.15) is 0 Å². The van der Waals surface area contributed by atoms with E-state index in [1.54, 1.807) is 19.2 Å². The van der Waals surface area contributed by atoms with Gasteiger partial charge in [-0.05, 0) is 60.0 Å². The van der Waals surface area contributed by atoms with Crippen LogP contribution in [0.2, 0.25) is 0 Å². The minimum atomic E-state index is -3.56. The smallest absolute Gasteiger partial charge is 0.255 e. The average Bonchev–Trinajstić information content (AvgIpc) is 2.79. The van der Waals surface area contributed by atoms with Crippen molar-refractivity contribution in [3.63, 3.8) is 0 Å². The number of fused-ring (bicyclic) bond motifs is 1. The third-order valence-corrected chi connectivity index (χ3v) is 7.81. The summed E-state index contributed by atoms with van der Waals surface area (Å²) in [7, 11) is -1.90. The van der Waals surface area contributed by atoms with Crippen molar-refractivity contribution in [2.45, 2.75) is 43.0 Å². The first-order valence-electron chi connectivity index (χ1n) is 10.3. The quantitative estimate of drug-likeness (QED) is 0.626. The normalized spacial score (nSPS) is 15.4. The molecule has 0 spiro atoms. The van der Waals surface area contributed by atoms with Gasteiger partial charge in [-0.3, -0.25) is 4.79 Å². The second kappa shape index (κ2) is 8.58. The van der Waals surface area contributed by atoms with Crippen LogP contribution in [0.1, 0.15) is 42.5 Å². The maximum Gasteiger partial charge on any atom is 0.255 e. The Labute approximate surface area is 177 Å². The summed E-state index contributed by atoms with van der Waals surface area (Å²) in [5.74, 6) is -0.269. The Kier molecular flexibility index (Phi) is 5.88. The van der Waals surface area contributed by atoms with Gasteiger partial charge in [-0.2, -0.15) is 4.31 Å². The Morgan fingerprint density at radius 1 is 0.900 bits per heavy atom. The van der Waals surface area contributed by atoms with Crippen LogP contribution < -0.4 is 5.32 Å². The molecule has 1 amide bonds. The summed E-state index contributed by atoms with van der Waals surface area (Å²) in [4.78, 5) is 12.8. The summed E-state index contributed by atoms with van der Waals surface area (Å²) in [5.41, 5.74) is 1.12. The van der Waals surface area contributed by atoms with E-state index < -0.39 is 10.0 Å². The molecule has 0 radical (unpaired) electrons. The second-order valence-electron chi connectivity index (χ2n) is 7.85. The highest BCUT2D eigenvalue weighted by Crippen LogP contribution is 2.27. The van der Waals surface area contributed by atoms with Crippen LogP contribution in [0.4, 0.5) is 5.69 Å². The number of hydrogen-bond donors (Lipinski definition) is 1. The molecule has 0 saturated heterocycles. The van der Waals surface area contributed by atoms with Crippen molar-refractivity contribution in [1.82, 2.24) is 4.31 Å². The lowest BCUT2D eigenvalue weighted by Crippen LogP contribution is -2.38. The van der Waals surface area contributed by atoms with Crippen molar-refractivity contribution in [1.29, 1.82) is 0 Å². The molecule has 0 atom stereocenters. The molecule has 0 aromatic heterocycles. The van der Waals surface area contributed by atoms with Gasteiger partial charge in [0.05, 0.1) is 4.90 Å². The van der Waals surface area contributed by atoms with Crippen LogP contribution in [-0.2, 0) is 10.0 Å². The zero-order chi connectivity index (χ0) is 21.1. The van der Waals surface area contributed by atoms with Crippen LogP contribution in [0, 0.1) is 0 Å². The summed E-state index contributed by atoms with van der Waals surface area (Å²) in [6.07, 6.45) is 5.12. The SMILES string of the molecule is CN(C1CCCCC1)S(=O)(=O)c1ccc(C(=O)Nc2ccc3ccccc3c2)cc1. The fourth-order valence-corrected chi connectivity index (χ4v) is 5.47. The molecule has 3 aromatic rings. The highest BCUT2D eigenvalue weighted by Gasteiger charge is 2.29. The first kappa shape index (κ1) is 20.6. The fourth-order valence-electron chi connectivity index (χ4n) is 4.06. The van der Waals surface area contributed by atoms with Gasteiger partial charge >= 0.3 is 0 Å². The molecule has 1 fully saturated rings. The van der Waals surface area contributed by atoms with Gasteiger partial charge in [-0.25, -0.2) is 8.42 Å². The van der Waals surface area contributed by atoms with E-state index >= 15 is 0 Å². The monoisotopic (exact) mass is 422 g/mol. The first-order chi connectivity index (χ1) is 14.4. The molecule has 3 aromatic carbocycles. The van der Waals surface area contributed by atoms with Crippen molar-refractivity contribution in [2.24, 2.45) is 0 Å². The van der Waals surface area contributed by atoms with Crippen LogP contribution in [0.5, 0.6) is 0 Å². The number of nitrogens with one attached hydrogen (secondary N) is 1. The van der Waals surface area contributed by atoms with E-state index in [9.17, 15) is 13.2 Å². The number of anilines is 1. The van der Waals surface area contributed by atoms with Gasteiger partial charge in [0.25, 0.3) is 5.91 Å². The molecule has 0 bridgehead atoms. The molecule has 4 rings (SSSR count). The van der Waals surface area contributed by atoms with Crippen LogP contribution in [0.3, 0.4) is 0 Å². The van der Waals surface area contributed by atoms with Gasteiger partial charge in [-0.1, -0.05) is 49.6 Å². The highest BCUT2D eigenvalue weighted by molar-refractivity contribution is 7.89. The molecule has 1 saturated carbocycles. The van der Waals surface area contributed by atoms with Crippen LogP contribution in [0.15, 0.2) is 71.6 Å². The van der Waals surface area contributed by atoms with Crippen molar-refractivity contribution in [2.75, 3.05) is 12.4 Å².